The molecule has 4 nitrogen and oxygen atoms in total. The van der Waals surface area contributed by atoms with Crippen LogP contribution in [-0.4, -0.2) is 59.6 Å². The molecule has 2 saturated heterocycles. The van der Waals surface area contributed by atoms with Crippen LogP contribution in [0.3, 0.4) is 0 Å². The summed E-state index contributed by atoms with van der Waals surface area (Å²) in [5, 5.41) is 13.1. The molecule has 0 radical (unpaired) electrons. The standard InChI is InChI=1S/C17H30N4/c1-13(10-17(2,12-18)19-14-4-5-14)21-9-8-15-6-7-16(11-21)20(15)3/h13-16,19H,4-11H2,1-3H3. The molecule has 1 saturated carbocycles. The zero-order valence-electron chi connectivity index (χ0n) is 13.8. The van der Waals surface area contributed by atoms with Crippen molar-refractivity contribution in [2.24, 2.45) is 0 Å². The van der Waals surface area contributed by atoms with Crippen LogP contribution in [0.15, 0.2) is 0 Å². The number of hydrogen-bond donors (Lipinski definition) is 1. The molecular weight excluding hydrogens is 260 g/mol. The maximum Gasteiger partial charge on any atom is 0.105 e. The first-order valence-corrected chi connectivity index (χ1v) is 8.66. The third kappa shape index (κ3) is 3.41. The molecule has 0 aromatic carbocycles. The maximum absolute atomic E-state index is 9.57. The highest BCUT2D eigenvalue weighted by atomic mass is 15.3. The van der Waals surface area contributed by atoms with Crippen molar-refractivity contribution in [2.75, 3.05) is 20.1 Å². The van der Waals surface area contributed by atoms with Crippen molar-refractivity contribution in [3.63, 3.8) is 0 Å². The molecule has 0 amide bonds. The quantitative estimate of drug-likeness (QED) is 0.840. The van der Waals surface area contributed by atoms with E-state index in [9.17, 15) is 5.26 Å². The third-order valence-electron chi connectivity index (χ3n) is 5.85. The number of nitriles is 1. The Bertz CT molecular complexity index is 414. The molecule has 1 aliphatic carbocycles. The van der Waals surface area contributed by atoms with Gasteiger partial charge in [-0.2, -0.15) is 5.26 Å². The number of nitrogens with zero attached hydrogens (tertiary/aromatic N) is 3. The second-order valence-electron chi connectivity index (χ2n) is 7.75. The smallest absolute Gasteiger partial charge is 0.105 e. The van der Waals surface area contributed by atoms with Crippen LogP contribution in [0.25, 0.3) is 0 Å². The summed E-state index contributed by atoms with van der Waals surface area (Å²) >= 11 is 0. The van der Waals surface area contributed by atoms with Gasteiger partial charge in [0.1, 0.15) is 5.54 Å². The second-order valence-corrected chi connectivity index (χ2v) is 7.75. The lowest BCUT2D eigenvalue weighted by Crippen LogP contribution is -2.49. The van der Waals surface area contributed by atoms with Crippen LogP contribution in [0.4, 0.5) is 0 Å². The molecule has 21 heavy (non-hydrogen) atoms. The molecule has 118 valence electrons. The van der Waals surface area contributed by atoms with E-state index in [-0.39, 0.29) is 5.54 Å². The van der Waals surface area contributed by atoms with Gasteiger partial charge in [0.05, 0.1) is 6.07 Å². The number of hydrogen-bond acceptors (Lipinski definition) is 4. The summed E-state index contributed by atoms with van der Waals surface area (Å²) in [4.78, 5) is 5.23. The molecule has 4 heteroatoms. The molecule has 3 fully saturated rings. The molecule has 2 bridgehead atoms. The van der Waals surface area contributed by atoms with Crippen molar-refractivity contribution in [3.05, 3.63) is 0 Å². The Labute approximate surface area is 129 Å². The van der Waals surface area contributed by atoms with Gasteiger partial charge in [-0.05, 0) is 66.0 Å². The highest BCUT2D eigenvalue weighted by Crippen LogP contribution is 2.31. The number of fused-ring (bicyclic) bond motifs is 2. The molecule has 4 unspecified atom stereocenters. The molecule has 0 aromatic heterocycles. The van der Waals surface area contributed by atoms with E-state index in [2.05, 4.69) is 42.1 Å². The number of rotatable bonds is 5. The van der Waals surface area contributed by atoms with Crippen LogP contribution in [0.5, 0.6) is 0 Å². The summed E-state index contributed by atoms with van der Waals surface area (Å²) in [5.74, 6) is 0. The van der Waals surface area contributed by atoms with Gasteiger partial charge in [-0.25, -0.2) is 0 Å². The lowest BCUT2D eigenvalue weighted by molar-refractivity contribution is 0.156. The van der Waals surface area contributed by atoms with Gasteiger partial charge in [0, 0.05) is 30.7 Å². The molecule has 1 N–H and O–H groups in total. The predicted octanol–water partition coefficient (Wildman–Crippen LogP) is 1.97. The number of nitrogens with one attached hydrogen (secondary N) is 1. The van der Waals surface area contributed by atoms with E-state index < -0.39 is 0 Å². The average molecular weight is 290 g/mol. The van der Waals surface area contributed by atoms with E-state index >= 15 is 0 Å². The molecule has 2 heterocycles. The minimum absolute atomic E-state index is 0.363. The van der Waals surface area contributed by atoms with Gasteiger partial charge in [-0.3, -0.25) is 15.1 Å². The van der Waals surface area contributed by atoms with E-state index in [0.717, 1.165) is 18.5 Å². The van der Waals surface area contributed by atoms with Crippen LogP contribution >= 0.6 is 0 Å². The minimum atomic E-state index is -0.363. The monoisotopic (exact) mass is 290 g/mol. The summed E-state index contributed by atoms with van der Waals surface area (Å²) in [5.41, 5.74) is -0.363. The average Bonchev–Trinajstić information content (AvgIpc) is 3.17. The molecule has 2 aliphatic heterocycles. The lowest BCUT2D eigenvalue weighted by atomic mass is 9.93. The number of likely N-dealkylation sites (N-methyl/N-ethyl adjacent to an activating group) is 1. The van der Waals surface area contributed by atoms with Gasteiger partial charge in [-0.1, -0.05) is 0 Å². The van der Waals surface area contributed by atoms with Gasteiger partial charge in [0.15, 0.2) is 0 Å². The van der Waals surface area contributed by atoms with E-state index in [0.29, 0.717) is 12.1 Å². The zero-order chi connectivity index (χ0) is 15.0. The van der Waals surface area contributed by atoms with Gasteiger partial charge >= 0.3 is 0 Å². The summed E-state index contributed by atoms with van der Waals surface area (Å²) in [6.07, 6.45) is 7.42. The first kappa shape index (κ1) is 15.3. The fourth-order valence-electron chi connectivity index (χ4n) is 4.27. The Balaban J connectivity index is 1.59. The molecule has 0 spiro atoms. The normalized spacial score (nSPS) is 35.0. The Morgan fingerprint density at radius 2 is 1.95 bits per heavy atom. The highest BCUT2D eigenvalue weighted by Gasteiger charge is 2.38. The summed E-state index contributed by atoms with van der Waals surface area (Å²) in [6.45, 7) is 6.76. The topological polar surface area (TPSA) is 42.3 Å². The van der Waals surface area contributed by atoms with E-state index in [1.54, 1.807) is 0 Å². The fourth-order valence-corrected chi connectivity index (χ4v) is 4.27. The van der Waals surface area contributed by atoms with Gasteiger partial charge in [-0.15, -0.1) is 0 Å². The van der Waals surface area contributed by atoms with Crippen molar-refractivity contribution in [2.45, 2.75) is 82.1 Å². The van der Waals surface area contributed by atoms with Crippen LogP contribution in [0.1, 0.15) is 52.4 Å². The van der Waals surface area contributed by atoms with Gasteiger partial charge in [0.25, 0.3) is 0 Å². The van der Waals surface area contributed by atoms with Crippen molar-refractivity contribution in [3.8, 4) is 6.07 Å². The van der Waals surface area contributed by atoms with Gasteiger partial charge in [0.2, 0.25) is 0 Å². The lowest BCUT2D eigenvalue weighted by Gasteiger charge is -2.35. The summed E-state index contributed by atoms with van der Waals surface area (Å²) in [7, 11) is 2.30. The first-order chi connectivity index (χ1) is 10.0. The van der Waals surface area contributed by atoms with Crippen LogP contribution in [-0.2, 0) is 0 Å². The minimum Gasteiger partial charge on any atom is -0.299 e. The fraction of sp³-hybridized carbons (Fsp3) is 0.941. The van der Waals surface area contributed by atoms with Crippen LogP contribution in [0.2, 0.25) is 0 Å². The second kappa shape index (κ2) is 5.87. The Kier molecular flexibility index (Phi) is 4.27. The van der Waals surface area contributed by atoms with Gasteiger partial charge < -0.3 is 0 Å². The first-order valence-electron chi connectivity index (χ1n) is 8.66. The SMILES string of the molecule is CC(CC(C)(C#N)NC1CC1)N1CCC2CCC(C1)N2C. The van der Waals surface area contributed by atoms with E-state index in [1.807, 2.05) is 0 Å². The van der Waals surface area contributed by atoms with Crippen molar-refractivity contribution in [1.29, 1.82) is 5.26 Å². The van der Waals surface area contributed by atoms with E-state index in [1.165, 1.54) is 45.2 Å². The van der Waals surface area contributed by atoms with Crippen molar-refractivity contribution in [1.82, 2.24) is 15.1 Å². The third-order valence-corrected chi connectivity index (χ3v) is 5.85. The number of likely N-dealkylation sites (tertiary alicyclic amines) is 1. The van der Waals surface area contributed by atoms with Crippen LogP contribution < -0.4 is 5.32 Å². The highest BCUT2D eigenvalue weighted by molar-refractivity contribution is 5.09. The molecular formula is C17H30N4. The van der Waals surface area contributed by atoms with Crippen LogP contribution in [0, 0.1) is 11.3 Å². The van der Waals surface area contributed by atoms with E-state index in [4.69, 9.17) is 0 Å². The Morgan fingerprint density at radius 1 is 1.24 bits per heavy atom. The summed E-state index contributed by atoms with van der Waals surface area (Å²) in [6, 6.07) is 5.12. The predicted molar refractivity (Wildman–Crippen MR) is 85.0 cm³/mol. The van der Waals surface area contributed by atoms with Crippen molar-refractivity contribution < 1.29 is 0 Å². The molecule has 3 aliphatic rings. The Hall–Kier alpha value is -0.630. The maximum atomic E-state index is 9.57. The van der Waals surface area contributed by atoms with Crippen molar-refractivity contribution >= 4 is 0 Å². The zero-order valence-corrected chi connectivity index (χ0v) is 13.8. The molecule has 4 atom stereocenters. The molecule has 3 rings (SSSR count). The largest absolute Gasteiger partial charge is 0.299 e. The molecule has 0 aromatic rings. The Morgan fingerprint density at radius 3 is 2.62 bits per heavy atom. The summed E-state index contributed by atoms with van der Waals surface area (Å²) < 4.78 is 0.